The van der Waals surface area contributed by atoms with Crippen molar-refractivity contribution in [3.8, 4) is 6.07 Å². The van der Waals surface area contributed by atoms with Crippen LogP contribution in [-0.2, 0) is 9.63 Å². The zero-order valence-corrected chi connectivity index (χ0v) is 8.14. The molecule has 0 atom stereocenters. The summed E-state index contributed by atoms with van der Waals surface area (Å²) in [5.41, 5.74) is 2.52. The molecule has 0 saturated heterocycles. The van der Waals surface area contributed by atoms with Gasteiger partial charge in [-0.2, -0.15) is 5.26 Å². The smallest absolute Gasteiger partial charge is 0.332 e. The molecule has 0 aliphatic rings. The standard InChI is InChI=1S/C10H8N2O4/c11-5-7-2-1-3-8(4-7)10(15)12-16-6-9(13)14/h1-4H,6H2,(H,12,15)(H,13,14). The van der Waals surface area contributed by atoms with Gasteiger partial charge in [0.2, 0.25) is 0 Å². The van der Waals surface area contributed by atoms with E-state index in [4.69, 9.17) is 10.4 Å². The van der Waals surface area contributed by atoms with Crippen molar-refractivity contribution < 1.29 is 19.5 Å². The normalized spacial score (nSPS) is 9.19. The van der Waals surface area contributed by atoms with Gasteiger partial charge in [-0.3, -0.25) is 9.63 Å². The molecule has 0 fully saturated rings. The summed E-state index contributed by atoms with van der Waals surface area (Å²) in [6, 6.07) is 7.84. The Hall–Kier alpha value is -2.39. The van der Waals surface area contributed by atoms with E-state index in [2.05, 4.69) is 4.84 Å². The van der Waals surface area contributed by atoms with Crippen LogP contribution in [0, 0.1) is 11.3 Å². The molecule has 16 heavy (non-hydrogen) atoms. The molecular weight excluding hydrogens is 212 g/mol. The SMILES string of the molecule is N#Cc1cccc(C(=O)NOCC(=O)O)c1. The van der Waals surface area contributed by atoms with Crippen LogP contribution >= 0.6 is 0 Å². The number of hydrogen-bond acceptors (Lipinski definition) is 4. The molecule has 0 bridgehead atoms. The Morgan fingerprint density at radius 3 is 2.88 bits per heavy atom. The number of amides is 1. The summed E-state index contributed by atoms with van der Waals surface area (Å²) in [5, 5.41) is 16.9. The fourth-order valence-corrected chi connectivity index (χ4v) is 0.952. The number of carbonyl (C=O) groups is 2. The molecule has 1 rings (SSSR count). The lowest BCUT2D eigenvalue weighted by molar-refractivity contribution is -0.144. The van der Waals surface area contributed by atoms with Gasteiger partial charge in [0.1, 0.15) is 0 Å². The van der Waals surface area contributed by atoms with E-state index in [0.29, 0.717) is 5.56 Å². The molecule has 0 saturated carbocycles. The van der Waals surface area contributed by atoms with Crippen molar-refractivity contribution in [3.63, 3.8) is 0 Å². The fraction of sp³-hybridized carbons (Fsp3) is 0.100. The zero-order valence-electron chi connectivity index (χ0n) is 8.14. The second-order valence-electron chi connectivity index (χ2n) is 2.81. The third-order valence-corrected chi connectivity index (χ3v) is 1.61. The summed E-state index contributed by atoms with van der Waals surface area (Å²) < 4.78 is 0. The van der Waals surface area contributed by atoms with E-state index in [0.717, 1.165) is 0 Å². The van der Waals surface area contributed by atoms with Gasteiger partial charge in [0, 0.05) is 5.56 Å². The van der Waals surface area contributed by atoms with Crippen LogP contribution in [-0.4, -0.2) is 23.6 Å². The van der Waals surface area contributed by atoms with E-state index in [-0.39, 0.29) is 5.56 Å². The first kappa shape index (κ1) is 11.7. The number of hydrogen-bond donors (Lipinski definition) is 2. The molecule has 6 nitrogen and oxygen atoms in total. The topological polar surface area (TPSA) is 99.4 Å². The maximum atomic E-state index is 11.4. The van der Waals surface area contributed by atoms with E-state index in [9.17, 15) is 9.59 Å². The van der Waals surface area contributed by atoms with Gasteiger partial charge in [0.05, 0.1) is 11.6 Å². The zero-order chi connectivity index (χ0) is 12.0. The molecule has 82 valence electrons. The lowest BCUT2D eigenvalue weighted by Crippen LogP contribution is -2.26. The fourth-order valence-electron chi connectivity index (χ4n) is 0.952. The maximum Gasteiger partial charge on any atom is 0.332 e. The van der Waals surface area contributed by atoms with Crippen molar-refractivity contribution in [1.82, 2.24) is 5.48 Å². The number of hydroxylamine groups is 1. The highest BCUT2D eigenvalue weighted by Gasteiger charge is 2.06. The third kappa shape index (κ3) is 3.40. The predicted molar refractivity (Wildman–Crippen MR) is 52.2 cm³/mol. The molecule has 0 radical (unpaired) electrons. The molecule has 0 heterocycles. The van der Waals surface area contributed by atoms with Gasteiger partial charge in [0.15, 0.2) is 6.61 Å². The van der Waals surface area contributed by atoms with E-state index < -0.39 is 18.5 Å². The molecule has 1 aromatic rings. The van der Waals surface area contributed by atoms with Crippen LogP contribution in [0.15, 0.2) is 24.3 Å². The quantitative estimate of drug-likeness (QED) is 0.711. The number of carboxylic acid groups (broad SMARTS) is 1. The van der Waals surface area contributed by atoms with E-state index in [1.807, 2.05) is 11.5 Å². The van der Waals surface area contributed by atoms with Gasteiger partial charge in [0.25, 0.3) is 5.91 Å². The molecule has 1 aromatic carbocycles. The summed E-state index contributed by atoms with van der Waals surface area (Å²) in [4.78, 5) is 25.9. The number of benzene rings is 1. The molecule has 0 spiro atoms. The van der Waals surface area contributed by atoms with Crippen LogP contribution < -0.4 is 5.48 Å². The lowest BCUT2D eigenvalue weighted by atomic mass is 10.1. The van der Waals surface area contributed by atoms with Crippen molar-refractivity contribution in [2.24, 2.45) is 0 Å². The number of aliphatic carboxylic acids is 1. The molecule has 0 aliphatic heterocycles. The first-order valence-corrected chi connectivity index (χ1v) is 4.27. The monoisotopic (exact) mass is 220 g/mol. The first-order valence-electron chi connectivity index (χ1n) is 4.27. The first-order chi connectivity index (χ1) is 7.63. The second-order valence-corrected chi connectivity index (χ2v) is 2.81. The van der Waals surface area contributed by atoms with Gasteiger partial charge in [-0.15, -0.1) is 0 Å². The lowest BCUT2D eigenvalue weighted by Gasteiger charge is -2.03. The largest absolute Gasteiger partial charge is 0.479 e. The maximum absolute atomic E-state index is 11.4. The molecule has 0 unspecified atom stereocenters. The summed E-state index contributed by atoms with van der Waals surface area (Å²) >= 11 is 0. The summed E-state index contributed by atoms with van der Waals surface area (Å²) in [5.74, 6) is -1.79. The van der Waals surface area contributed by atoms with Crippen LogP contribution in [0.1, 0.15) is 15.9 Å². The molecule has 0 aromatic heterocycles. The summed E-state index contributed by atoms with van der Waals surface area (Å²) in [7, 11) is 0. The molecule has 6 heteroatoms. The molecule has 2 N–H and O–H groups in total. The highest BCUT2D eigenvalue weighted by atomic mass is 16.7. The number of carboxylic acids is 1. The predicted octanol–water partition coefficient (Wildman–Crippen LogP) is 0.304. The molecule has 0 aliphatic carbocycles. The van der Waals surface area contributed by atoms with Crippen LogP contribution in [0.5, 0.6) is 0 Å². The Morgan fingerprint density at radius 2 is 2.25 bits per heavy atom. The Balaban J connectivity index is 2.59. The van der Waals surface area contributed by atoms with Gasteiger partial charge >= 0.3 is 5.97 Å². The van der Waals surface area contributed by atoms with E-state index in [1.54, 1.807) is 12.1 Å². The average Bonchev–Trinajstić information content (AvgIpc) is 2.28. The second kappa shape index (κ2) is 5.48. The Labute approximate surface area is 91.0 Å². The Morgan fingerprint density at radius 1 is 1.50 bits per heavy atom. The minimum atomic E-state index is -1.19. The van der Waals surface area contributed by atoms with Crippen molar-refractivity contribution >= 4 is 11.9 Å². The van der Waals surface area contributed by atoms with E-state index >= 15 is 0 Å². The Bertz CT molecular complexity index is 450. The number of nitrogens with zero attached hydrogens (tertiary/aromatic N) is 1. The molecular formula is C10H8N2O4. The average molecular weight is 220 g/mol. The Kier molecular flexibility index (Phi) is 4.00. The number of nitrogens with one attached hydrogen (secondary N) is 1. The highest BCUT2D eigenvalue weighted by molar-refractivity contribution is 5.93. The van der Waals surface area contributed by atoms with Gasteiger partial charge < -0.3 is 5.11 Å². The van der Waals surface area contributed by atoms with Crippen molar-refractivity contribution in [1.29, 1.82) is 5.26 Å². The van der Waals surface area contributed by atoms with Crippen molar-refractivity contribution in [3.05, 3.63) is 35.4 Å². The van der Waals surface area contributed by atoms with Crippen LogP contribution in [0.2, 0.25) is 0 Å². The number of carbonyl (C=O) groups excluding carboxylic acids is 1. The van der Waals surface area contributed by atoms with Gasteiger partial charge in [-0.1, -0.05) is 6.07 Å². The van der Waals surface area contributed by atoms with Crippen molar-refractivity contribution in [2.45, 2.75) is 0 Å². The highest BCUT2D eigenvalue weighted by Crippen LogP contribution is 2.03. The summed E-state index contributed by atoms with van der Waals surface area (Å²) in [6.07, 6.45) is 0. The van der Waals surface area contributed by atoms with Crippen molar-refractivity contribution in [2.75, 3.05) is 6.61 Å². The minimum Gasteiger partial charge on any atom is -0.479 e. The van der Waals surface area contributed by atoms with Crippen LogP contribution in [0.3, 0.4) is 0 Å². The summed E-state index contributed by atoms with van der Waals surface area (Å²) in [6.45, 7) is -0.621. The minimum absolute atomic E-state index is 0.226. The van der Waals surface area contributed by atoms with E-state index in [1.165, 1.54) is 12.1 Å². The van der Waals surface area contributed by atoms with Gasteiger partial charge in [-0.25, -0.2) is 10.3 Å². The molecule has 1 amide bonds. The van der Waals surface area contributed by atoms with Crippen LogP contribution in [0.4, 0.5) is 0 Å². The van der Waals surface area contributed by atoms with Crippen LogP contribution in [0.25, 0.3) is 0 Å². The van der Waals surface area contributed by atoms with Gasteiger partial charge in [-0.05, 0) is 18.2 Å². The third-order valence-electron chi connectivity index (χ3n) is 1.61. The number of nitriles is 1. The number of rotatable bonds is 4.